The maximum absolute atomic E-state index is 16.1. The Hall–Kier alpha value is -4.45. The van der Waals surface area contributed by atoms with E-state index in [1.165, 1.54) is 41.7 Å². The number of carbonyl (C=O) groups is 1. The SMILES string of the molecule is C=CC(=O)N1Cc2cc(-c3nc(-c4ccc5c(c4)CCC5N(C)C)c4ccsc4c3-c3c(F)cc(F)cc3OCCOC)nn2CC1C. The fraction of sp³-hybridized carbons (Fsp3) is 0.324. The van der Waals surface area contributed by atoms with Crippen LogP contribution in [-0.4, -0.2) is 70.9 Å². The third-order valence-electron chi connectivity index (χ3n) is 9.37. The quantitative estimate of drug-likeness (QED) is 0.122. The lowest BCUT2D eigenvalue weighted by atomic mass is 9.95. The number of methoxy groups -OCH3 is 1. The minimum Gasteiger partial charge on any atom is -0.490 e. The summed E-state index contributed by atoms with van der Waals surface area (Å²) in [5.41, 5.74) is 6.71. The third-order valence-corrected chi connectivity index (χ3v) is 10.3. The largest absolute Gasteiger partial charge is 0.490 e. The Balaban J connectivity index is 1.46. The number of ether oxygens (including phenoxy) is 2. The molecule has 5 aromatic rings. The molecule has 1 aliphatic heterocycles. The number of benzene rings is 2. The second-order valence-electron chi connectivity index (χ2n) is 12.6. The van der Waals surface area contributed by atoms with Crippen LogP contribution in [0.5, 0.6) is 5.75 Å². The molecule has 0 bridgehead atoms. The summed E-state index contributed by atoms with van der Waals surface area (Å²) in [5.74, 6) is -1.61. The van der Waals surface area contributed by atoms with E-state index < -0.39 is 11.6 Å². The molecule has 48 heavy (non-hydrogen) atoms. The summed E-state index contributed by atoms with van der Waals surface area (Å²) in [7, 11) is 5.75. The molecule has 8 nitrogen and oxygen atoms in total. The predicted molar refractivity (Wildman–Crippen MR) is 184 cm³/mol. The number of hydrogen-bond donors (Lipinski definition) is 0. The second-order valence-corrected chi connectivity index (χ2v) is 13.5. The van der Waals surface area contributed by atoms with Crippen molar-refractivity contribution in [2.45, 2.75) is 44.9 Å². The molecule has 2 aliphatic rings. The highest BCUT2D eigenvalue weighted by Crippen LogP contribution is 2.48. The van der Waals surface area contributed by atoms with E-state index in [0.717, 1.165) is 45.9 Å². The van der Waals surface area contributed by atoms with Gasteiger partial charge in [-0.3, -0.25) is 9.48 Å². The van der Waals surface area contributed by atoms with Crippen molar-refractivity contribution in [1.29, 1.82) is 0 Å². The van der Waals surface area contributed by atoms with Gasteiger partial charge in [-0.25, -0.2) is 13.8 Å². The van der Waals surface area contributed by atoms with Crippen LogP contribution in [0.2, 0.25) is 0 Å². The first-order chi connectivity index (χ1) is 23.2. The lowest BCUT2D eigenvalue weighted by Gasteiger charge is -2.33. The molecule has 7 rings (SSSR count). The maximum Gasteiger partial charge on any atom is 0.246 e. The summed E-state index contributed by atoms with van der Waals surface area (Å²) in [6.07, 6.45) is 3.34. The van der Waals surface area contributed by atoms with Gasteiger partial charge in [0.15, 0.2) is 0 Å². The number of aromatic nitrogens is 3. The zero-order valence-corrected chi connectivity index (χ0v) is 28.2. The molecule has 3 aromatic heterocycles. The molecule has 248 valence electrons. The fourth-order valence-corrected chi connectivity index (χ4v) is 7.98. The molecule has 2 unspecified atom stereocenters. The molecule has 0 saturated carbocycles. The number of thiophene rings is 1. The van der Waals surface area contributed by atoms with Gasteiger partial charge in [-0.1, -0.05) is 18.7 Å². The molecular weight excluding hydrogens is 633 g/mol. The van der Waals surface area contributed by atoms with Crippen LogP contribution in [0.4, 0.5) is 8.78 Å². The molecule has 0 fully saturated rings. The van der Waals surface area contributed by atoms with Gasteiger partial charge in [0.2, 0.25) is 5.91 Å². The number of rotatable bonds is 9. The maximum atomic E-state index is 16.1. The average molecular weight is 670 g/mol. The third kappa shape index (κ3) is 5.59. The van der Waals surface area contributed by atoms with E-state index in [1.54, 1.807) is 4.90 Å². The summed E-state index contributed by atoms with van der Waals surface area (Å²) >= 11 is 1.46. The van der Waals surface area contributed by atoms with Crippen LogP contribution in [0.15, 0.2) is 60.5 Å². The zero-order valence-electron chi connectivity index (χ0n) is 27.4. The molecule has 1 aliphatic carbocycles. The van der Waals surface area contributed by atoms with E-state index in [0.29, 0.717) is 36.1 Å². The van der Waals surface area contributed by atoms with E-state index in [-0.39, 0.29) is 36.5 Å². The summed E-state index contributed by atoms with van der Waals surface area (Å²) in [4.78, 5) is 21.9. The number of hydrogen-bond acceptors (Lipinski definition) is 7. The van der Waals surface area contributed by atoms with Crippen LogP contribution in [0, 0.1) is 11.6 Å². The van der Waals surface area contributed by atoms with Crippen molar-refractivity contribution in [3.63, 3.8) is 0 Å². The Morgan fingerprint density at radius 1 is 1.12 bits per heavy atom. The van der Waals surface area contributed by atoms with Gasteiger partial charge >= 0.3 is 0 Å². The highest BCUT2D eigenvalue weighted by atomic mass is 32.1. The summed E-state index contributed by atoms with van der Waals surface area (Å²) in [6, 6.07) is 12.8. The van der Waals surface area contributed by atoms with Crippen molar-refractivity contribution in [3.8, 4) is 39.5 Å². The van der Waals surface area contributed by atoms with Crippen LogP contribution in [0.25, 0.3) is 43.9 Å². The number of aryl methyl sites for hydroxylation is 1. The van der Waals surface area contributed by atoms with Crippen molar-refractivity contribution in [3.05, 3.63) is 89.0 Å². The monoisotopic (exact) mass is 669 g/mol. The first-order valence-electron chi connectivity index (χ1n) is 16.0. The van der Waals surface area contributed by atoms with E-state index >= 15 is 4.39 Å². The van der Waals surface area contributed by atoms with E-state index in [1.807, 2.05) is 29.1 Å². The fourth-order valence-electron chi connectivity index (χ4n) is 7.03. The van der Waals surface area contributed by atoms with Crippen molar-refractivity contribution < 1.29 is 23.0 Å². The van der Waals surface area contributed by atoms with Gasteiger partial charge in [-0.2, -0.15) is 5.10 Å². The number of nitrogens with zero attached hydrogens (tertiary/aromatic N) is 5. The van der Waals surface area contributed by atoms with Crippen LogP contribution in [-0.2, 0) is 29.0 Å². The summed E-state index contributed by atoms with van der Waals surface area (Å²) < 4.78 is 44.6. The normalized spacial score (nSPS) is 17.2. The van der Waals surface area contributed by atoms with Crippen molar-refractivity contribution in [1.82, 2.24) is 24.6 Å². The minimum absolute atomic E-state index is 0.0580. The van der Waals surface area contributed by atoms with Crippen LogP contribution in [0.1, 0.15) is 36.2 Å². The minimum atomic E-state index is -0.763. The van der Waals surface area contributed by atoms with Gasteiger partial charge in [-0.15, -0.1) is 11.3 Å². The van der Waals surface area contributed by atoms with Gasteiger partial charge in [-0.05, 0) is 74.6 Å². The number of carbonyl (C=O) groups excluding carboxylic acids is 1. The molecular formula is C37H37F2N5O3S. The van der Waals surface area contributed by atoms with Crippen LogP contribution < -0.4 is 4.74 Å². The second kappa shape index (κ2) is 12.9. The molecule has 2 atom stereocenters. The average Bonchev–Trinajstić information content (AvgIpc) is 3.82. The van der Waals surface area contributed by atoms with E-state index in [9.17, 15) is 9.18 Å². The highest BCUT2D eigenvalue weighted by molar-refractivity contribution is 7.18. The lowest BCUT2D eigenvalue weighted by Crippen LogP contribution is -2.44. The topological polar surface area (TPSA) is 72.7 Å². The van der Waals surface area contributed by atoms with Gasteiger partial charge in [0.05, 0.1) is 36.6 Å². The van der Waals surface area contributed by atoms with Gasteiger partial charge < -0.3 is 19.3 Å². The van der Waals surface area contributed by atoms with E-state index in [2.05, 4.69) is 43.8 Å². The highest BCUT2D eigenvalue weighted by Gasteiger charge is 2.31. The Bertz CT molecular complexity index is 2050. The van der Waals surface area contributed by atoms with Crippen molar-refractivity contribution in [2.75, 3.05) is 34.4 Å². The lowest BCUT2D eigenvalue weighted by molar-refractivity contribution is -0.129. The van der Waals surface area contributed by atoms with Crippen LogP contribution in [0.3, 0.4) is 0 Å². The zero-order chi connectivity index (χ0) is 33.7. The van der Waals surface area contributed by atoms with Gasteiger partial charge in [0, 0.05) is 52.5 Å². The molecule has 0 N–H and O–H groups in total. The van der Waals surface area contributed by atoms with Gasteiger partial charge in [0.1, 0.15) is 35.4 Å². The standard InChI is InChI=1S/C37H37F2N5O3S/c1-6-32(45)43-20-25-18-29(41-44(25)19-21(43)2)36-34(33-28(39)16-24(38)17-31(33)47-13-12-46-5)37-27(11-14-48-37)35(40-36)23-7-9-26-22(15-23)8-10-30(26)42(3)4/h6-7,9,11,14-18,21,30H,1,8,10,12-13,19-20H2,2-5H3. The van der Waals surface area contributed by atoms with Crippen molar-refractivity contribution in [2.24, 2.45) is 0 Å². The molecule has 11 heteroatoms. The molecule has 2 aromatic carbocycles. The predicted octanol–water partition coefficient (Wildman–Crippen LogP) is 7.26. The molecule has 4 heterocycles. The smallest absolute Gasteiger partial charge is 0.246 e. The molecule has 0 spiro atoms. The number of pyridine rings is 1. The van der Waals surface area contributed by atoms with E-state index in [4.69, 9.17) is 19.6 Å². The Labute approximate surface area is 282 Å². The number of fused-ring (bicyclic) bond motifs is 3. The Morgan fingerprint density at radius 2 is 1.96 bits per heavy atom. The summed E-state index contributed by atoms with van der Waals surface area (Å²) in [5, 5.41) is 7.79. The number of amides is 1. The molecule has 0 radical (unpaired) electrons. The molecule has 1 amide bonds. The molecule has 0 saturated heterocycles. The van der Waals surface area contributed by atoms with Crippen molar-refractivity contribution >= 4 is 27.3 Å². The first-order valence-corrected chi connectivity index (χ1v) is 16.9. The Kier molecular flexibility index (Phi) is 8.61. The first kappa shape index (κ1) is 32.1. The Morgan fingerprint density at radius 3 is 2.73 bits per heavy atom. The van der Waals surface area contributed by atoms with Gasteiger partial charge in [0.25, 0.3) is 0 Å². The van der Waals surface area contributed by atoms with Crippen LogP contribution >= 0.6 is 11.3 Å². The summed E-state index contributed by atoms with van der Waals surface area (Å²) in [6.45, 7) is 6.81. The number of halogens is 2.